The molecule has 0 saturated heterocycles. The van der Waals surface area contributed by atoms with E-state index in [1.165, 1.54) is 11.8 Å². The Bertz CT molecular complexity index is 904. The van der Waals surface area contributed by atoms with E-state index in [9.17, 15) is 4.79 Å². The molecule has 1 heterocycles. The van der Waals surface area contributed by atoms with E-state index < -0.39 is 0 Å². The number of methoxy groups -OCH3 is 1. The first kappa shape index (κ1) is 18.9. The maximum absolute atomic E-state index is 12.2. The molecule has 0 aliphatic rings. The van der Waals surface area contributed by atoms with Gasteiger partial charge < -0.3 is 10.1 Å². The lowest BCUT2D eigenvalue weighted by Gasteiger charge is -2.08. The lowest BCUT2D eigenvalue weighted by molar-refractivity contribution is -0.118. The smallest absolute Gasteiger partial charge is 0.230 e. The lowest BCUT2D eigenvalue weighted by Crippen LogP contribution is -2.24. The largest absolute Gasteiger partial charge is 0.497 e. The van der Waals surface area contributed by atoms with Crippen molar-refractivity contribution in [2.24, 2.45) is 0 Å². The van der Waals surface area contributed by atoms with E-state index in [1.54, 1.807) is 11.8 Å². The van der Waals surface area contributed by atoms with Gasteiger partial charge in [-0.2, -0.15) is 4.68 Å². The van der Waals surface area contributed by atoms with Crippen LogP contribution >= 0.6 is 11.8 Å². The van der Waals surface area contributed by atoms with Crippen LogP contribution in [-0.2, 0) is 11.3 Å². The number of benzene rings is 2. The van der Waals surface area contributed by atoms with Gasteiger partial charge in [0.2, 0.25) is 11.1 Å². The fraction of sp³-hybridized carbons (Fsp3) is 0.263. The van der Waals surface area contributed by atoms with Crippen LogP contribution in [0.4, 0.5) is 0 Å². The number of aromatic nitrogens is 4. The van der Waals surface area contributed by atoms with Crippen molar-refractivity contribution in [1.82, 2.24) is 25.5 Å². The SMILES string of the molecule is COc1ccc(CNC(=O)CSc2nnnn2-c2cc(C)cc(C)c2)cc1. The van der Waals surface area contributed by atoms with E-state index in [-0.39, 0.29) is 11.7 Å². The fourth-order valence-electron chi connectivity index (χ4n) is 2.63. The Morgan fingerprint density at radius 2 is 1.85 bits per heavy atom. The fourth-order valence-corrected chi connectivity index (χ4v) is 3.35. The van der Waals surface area contributed by atoms with Crippen LogP contribution in [0.1, 0.15) is 16.7 Å². The van der Waals surface area contributed by atoms with E-state index in [2.05, 4.69) is 26.9 Å². The third kappa shape index (κ3) is 5.07. The number of nitrogens with one attached hydrogen (secondary N) is 1. The van der Waals surface area contributed by atoms with Crippen LogP contribution in [0.15, 0.2) is 47.6 Å². The van der Waals surface area contributed by atoms with Gasteiger partial charge in [0, 0.05) is 6.54 Å². The molecular formula is C19H21N5O2S. The molecule has 0 unspecified atom stereocenters. The molecule has 0 spiro atoms. The minimum Gasteiger partial charge on any atom is -0.497 e. The van der Waals surface area contributed by atoms with Gasteiger partial charge in [0.05, 0.1) is 18.6 Å². The number of carbonyl (C=O) groups is 1. The van der Waals surface area contributed by atoms with E-state index in [1.807, 2.05) is 50.2 Å². The van der Waals surface area contributed by atoms with Crippen molar-refractivity contribution in [3.05, 3.63) is 59.2 Å². The second-order valence-corrected chi connectivity index (χ2v) is 7.08. The molecule has 0 bridgehead atoms. The van der Waals surface area contributed by atoms with Crippen molar-refractivity contribution in [2.45, 2.75) is 25.5 Å². The van der Waals surface area contributed by atoms with E-state index in [4.69, 9.17) is 4.74 Å². The van der Waals surface area contributed by atoms with Crippen molar-refractivity contribution in [1.29, 1.82) is 0 Å². The summed E-state index contributed by atoms with van der Waals surface area (Å²) in [4.78, 5) is 12.2. The highest BCUT2D eigenvalue weighted by atomic mass is 32.2. The summed E-state index contributed by atoms with van der Waals surface area (Å²) in [5, 5.41) is 15.3. The summed E-state index contributed by atoms with van der Waals surface area (Å²) in [7, 11) is 1.62. The summed E-state index contributed by atoms with van der Waals surface area (Å²) in [6.45, 7) is 4.52. The van der Waals surface area contributed by atoms with Gasteiger partial charge in [-0.05, 0) is 65.2 Å². The molecule has 8 heteroatoms. The van der Waals surface area contributed by atoms with Crippen molar-refractivity contribution in [3.63, 3.8) is 0 Å². The molecule has 0 fully saturated rings. The molecule has 0 radical (unpaired) electrons. The minimum absolute atomic E-state index is 0.0780. The van der Waals surface area contributed by atoms with Crippen molar-refractivity contribution >= 4 is 17.7 Å². The minimum atomic E-state index is -0.0780. The van der Waals surface area contributed by atoms with Crippen LogP contribution in [0.25, 0.3) is 5.69 Å². The number of hydrogen-bond donors (Lipinski definition) is 1. The van der Waals surface area contributed by atoms with Gasteiger partial charge in [0.15, 0.2) is 0 Å². The second kappa shape index (κ2) is 8.68. The summed E-state index contributed by atoms with van der Waals surface area (Å²) in [6.07, 6.45) is 0. The van der Waals surface area contributed by atoms with Crippen LogP contribution in [0, 0.1) is 13.8 Å². The molecule has 1 aromatic heterocycles. The number of hydrogen-bond acceptors (Lipinski definition) is 6. The molecule has 0 aliphatic carbocycles. The lowest BCUT2D eigenvalue weighted by atomic mass is 10.1. The molecule has 0 atom stereocenters. The molecule has 1 N–H and O–H groups in total. The third-order valence-electron chi connectivity index (χ3n) is 3.87. The number of aryl methyl sites for hydroxylation is 2. The highest BCUT2D eigenvalue weighted by Crippen LogP contribution is 2.20. The predicted molar refractivity (Wildman–Crippen MR) is 104 cm³/mol. The van der Waals surface area contributed by atoms with Crippen LogP contribution < -0.4 is 10.1 Å². The van der Waals surface area contributed by atoms with Crippen LogP contribution in [0.5, 0.6) is 5.75 Å². The number of amides is 1. The van der Waals surface area contributed by atoms with Crippen LogP contribution in [0.3, 0.4) is 0 Å². The van der Waals surface area contributed by atoms with Crippen LogP contribution in [-0.4, -0.2) is 39.0 Å². The first-order valence-corrected chi connectivity index (χ1v) is 9.43. The molecular weight excluding hydrogens is 362 g/mol. The molecule has 7 nitrogen and oxygen atoms in total. The Hall–Kier alpha value is -2.87. The molecule has 3 rings (SSSR count). The Kier molecular flexibility index (Phi) is 6.08. The molecule has 27 heavy (non-hydrogen) atoms. The maximum Gasteiger partial charge on any atom is 0.230 e. The monoisotopic (exact) mass is 383 g/mol. The van der Waals surface area contributed by atoms with Crippen molar-refractivity contribution in [3.8, 4) is 11.4 Å². The maximum atomic E-state index is 12.2. The summed E-state index contributed by atoms with van der Waals surface area (Å²) < 4.78 is 6.78. The molecule has 1 amide bonds. The summed E-state index contributed by atoms with van der Waals surface area (Å²) in [6, 6.07) is 13.7. The first-order valence-electron chi connectivity index (χ1n) is 8.44. The van der Waals surface area contributed by atoms with Gasteiger partial charge in [0.1, 0.15) is 5.75 Å². The second-order valence-electron chi connectivity index (χ2n) is 6.13. The third-order valence-corrected chi connectivity index (χ3v) is 4.79. The van der Waals surface area contributed by atoms with Gasteiger partial charge in [-0.3, -0.25) is 4.79 Å². The van der Waals surface area contributed by atoms with E-state index in [0.717, 1.165) is 28.1 Å². The zero-order valence-corrected chi connectivity index (χ0v) is 16.3. The average molecular weight is 383 g/mol. The first-order chi connectivity index (χ1) is 13.0. The average Bonchev–Trinajstić information content (AvgIpc) is 3.13. The highest BCUT2D eigenvalue weighted by Gasteiger charge is 2.12. The number of thioether (sulfide) groups is 1. The van der Waals surface area contributed by atoms with Gasteiger partial charge in [-0.1, -0.05) is 30.0 Å². The topological polar surface area (TPSA) is 81.9 Å². The van der Waals surface area contributed by atoms with Crippen molar-refractivity contribution in [2.75, 3.05) is 12.9 Å². The zero-order valence-electron chi connectivity index (χ0n) is 15.5. The number of ether oxygens (including phenoxy) is 1. The summed E-state index contributed by atoms with van der Waals surface area (Å²) in [5.74, 6) is 0.950. The Morgan fingerprint density at radius 3 is 2.52 bits per heavy atom. The highest BCUT2D eigenvalue weighted by molar-refractivity contribution is 7.99. The van der Waals surface area contributed by atoms with E-state index >= 15 is 0 Å². The van der Waals surface area contributed by atoms with Crippen LogP contribution in [0.2, 0.25) is 0 Å². The molecule has 0 saturated carbocycles. The normalized spacial score (nSPS) is 10.6. The van der Waals surface area contributed by atoms with Gasteiger partial charge in [-0.25, -0.2) is 0 Å². The molecule has 140 valence electrons. The van der Waals surface area contributed by atoms with Gasteiger partial charge >= 0.3 is 0 Å². The number of rotatable bonds is 7. The quantitative estimate of drug-likeness (QED) is 0.632. The number of carbonyl (C=O) groups excluding carboxylic acids is 1. The van der Waals surface area contributed by atoms with E-state index in [0.29, 0.717) is 11.7 Å². The molecule has 0 aliphatic heterocycles. The summed E-state index contributed by atoms with van der Waals surface area (Å²) >= 11 is 1.30. The Labute approximate surface area is 162 Å². The zero-order chi connectivity index (χ0) is 19.2. The van der Waals surface area contributed by atoms with Gasteiger partial charge in [0.25, 0.3) is 0 Å². The predicted octanol–water partition coefficient (Wildman–Crippen LogP) is 2.70. The molecule has 2 aromatic carbocycles. The molecule has 3 aromatic rings. The number of nitrogens with zero attached hydrogens (tertiary/aromatic N) is 4. The Balaban J connectivity index is 1.57. The number of tetrazole rings is 1. The standard InChI is InChI=1S/C19H21N5O2S/c1-13-8-14(2)10-16(9-13)24-19(21-22-23-24)27-12-18(25)20-11-15-4-6-17(26-3)7-5-15/h4-10H,11-12H2,1-3H3,(H,20,25). The van der Waals surface area contributed by atoms with Gasteiger partial charge in [-0.15, -0.1) is 5.10 Å². The summed E-state index contributed by atoms with van der Waals surface area (Å²) in [5.41, 5.74) is 4.16. The Morgan fingerprint density at radius 1 is 1.15 bits per heavy atom. The van der Waals surface area contributed by atoms with Crippen molar-refractivity contribution < 1.29 is 9.53 Å².